The SMILES string of the molecule is CCCCCCCCCCCCC(Cl)CC(C)C. The smallest absolute Gasteiger partial charge is 0.0338 e. The lowest BCUT2D eigenvalue weighted by Gasteiger charge is -2.11. The predicted octanol–water partition coefficient (Wildman–Crippen LogP) is 6.95. The van der Waals surface area contributed by atoms with Gasteiger partial charge in [0.25, 0.3) is 0 Å². The van der Waals surface area contributed by atoms with Gasteiger partial charge in [0.2, 0.25) is 0 Å². The Balaban J connectivity index is 3.07. The molecule has 0 N–H and O–H groups in total. The Morgan fingerprint density at radius 3 is 1.61 bits per heavy atom. The van der Waals surface area contributed by atoms with Crippen molar-refractivity contribution in [3.05, 3.63) is 0 Å². The van der Waals surface area contributed by atoms with E-state index in [4.69, 9.17) is 11.6 Å². The van der Waals surface area contributed by atoms with Crippen molar-refractivity contribution >= 4 is 11.6 Å². The second kappa shape index (κ2) is 13.7. The highest BCUT2D eigenvalue weighted by Gasteiger charge is 2.06. The fraction of sp³-hybridized carbons (Fsp3) is 1.00. The van der Waals surface area contributed by atoms with E-state index in [1.807, 2.05) is 0 Å². The third kappa shape index (κ3) is 14.4. The molecule has 0 amide bonds. The van der Waals surface area contributed by atoms with Crippen molar-refractivity contribution < 1.29 is 0 Å². The van der Waals surface area contributed by atoms with Gasteiger partial charge in [0.05, 0.1) is 0 Å². The number of halogens is 1. The van der Waals surface area contributed by atoms with Crippen LogP contribution >= 0.6 is 11.6 Å². The molecule has 0 rings (SSSR count). The second-order valence-corrected chi connectivity index (χ2v) is 6.81. The van der Waals surface area contributed by atoms with Crippen LogP contribution in [0.4, 0.5) is 0 Å². The van der Waals surface area contributed by atoms with Gasteiger partial charge in [-0.1, -0.05) is 85.0 Å². The normalized spacial score (nSPS) is 13.2. The lowest BCUT2D eigenvalue weighted by atomic mass is 10.0. The Morgan fingerprint density at radius 2 is 1.17 bits per heavy atom. The van der Waals surface area contributed by atoms with E-state index in [0.29, 0.717) is 5.38 Å². The summed E-state index contributed by atoms with van der Waals surface area (Å²) < 4.78 is 0. The number of hydrogen-bond acceptors (Lipinski definition) is 0. The van der Waals surface area contributed by atoms with Crippen molar-refractivity contribution in [2.24, 2.45) is 5.92 Å². The van der Waals surface area contributed by atoms with Crippen LogP contribution in [0.15, 0.2) is 0 Å². The van der Waals surface area contributed by atoms with Gasteiger partial charge in [0.15, 0.2) is 0 Å². The molecule has 0 aliphatic rings. The average molecular weight is 275 g/mol. The molecule has 0 radical (unpaired) electrons. The van der Waals surface area contributed by atoms with E-state index in [9.17, 15) is 0 Å². The summed E-state index contributed by atoms with van der Waals surface area (Å²) in [6.07, 6.45) is 16.5. The van der Waals surface area contributed by atoms with E-state index >= 15 is 0 Å². The molecule has 0 spiro atoms. The van der Waals surface area contributed by atoms with Crippen LogP contribution < -0.4 is 0 Å². The first-order chi connectivity index (χ1) is 8.66. The molecule has 0 heterocycles. The van der Waals surface area contributed by atoms with Crippen LogP contribution in [-0.2, 0) is 0 Å². The van der Waals surface area contributed by atoms with E-state index in [1.165, 1.54) is 77.0 Å². The van der Waals surface area contributed by atoms with Crippen molar-refractivity contribution in [1.82, 2.24) is 0 Å². The summed E-state index contributed by atoms with van der Waals surface area (Å²) in [7, 11) is 0. The van der Waals surface area contributed by atoms with Crippen LogP contribution in [0.5, 0.6) is 0 Å². The summed E-state index contributed by atoms with van der Waals surface area (Å²) in [6, 6.07) is 0. The van der Waals surface area contributed by atoms with Gasteiger partial charge in [0, 0.05) is 5.38 Å². The molecule has 1 atom stereocenters. The molecule has 0 nitrogen and oxygen atoms in total. The highest BCUT2D eigenvalue weighted by Crippen LogP contribution is 2.18. The van der Waals surface area contributed by atoms with Gasteiger partial charge in [-0.25, -0.2) is 0 Å². The number of hydrogen-bond donors (Lipinski definition) is 0. The molecule has 0 aliphatic carbocycles. The second-order valence-electron chi connectivity index (χ2n) is 6.20. The molecule has 0 aromatic rings. The summed E-state index contributed by atoms with van der Waals surface area (Å²) in [6.45, 7) is 6.80. The summed E-state index contributed by atoms with van der Waals surface area (Å²) in [4.78, 5) is 0. The Kier molecular flexibility index (Phi) is 13.9. The average Bonchev–Trinajstić information content (AvgIpc) is 2.30. The zero-order valence-corrected chi connectivity index (χ0v) is 13.8. The van der Waals surface area contributed by atoms with Crippen molar-refractivity contribution in [3.63, 3.8) is 0 Å². The van der Waals surface area contributed by atoms with Crippen LogP contribution in [0.3, 0.4) is 0 Å². The molecule has 110 valence electrons. The summed E-state index contributed by atoms with van der Waals surface area (Å²) in [5.74, 6) is 0.746. The van der Waals surface area contributed by atoms with Gasteiger partial charge in [-0.3, -0.25) is 0 Å². The molecule has 0 saturated heterocycles. The molecule has 0 aliphatic heterocycles. The zero-order chi connectivity index (χ0) is 13.6. The lowest BCUT2D eigenvalue weighted by Crippen LogP contribution is -2.03. The van der Waals surface area contributed by atoms with E-state index in [0.717, 1.165) is 5.92 Å². The first-order valence-corrected chi connectivity index (χ1v) is 8.74. The highest BCUT2D eigenvalue weighted by molar-refractivity contribution is 6.20. The molecule has 18 heavy (non-hydrogen) atoms. The molecule has 0 aromatic heterocycles. The molecular formula is C17H35Cl. The minimum atomic E-state index is 0.416. The third-order valence-electron chi connectivity index (χ3n) is 3.60. The standard InChI is InChI=1S/C17H35Cl/c1-4-5-6-7-8-9-10-11-12-13-14-17(18)15-16(2)3/h16-17H,4-15H2,1-3H3. The molecule has 1 heteroatoms. The number of rotatable bonds is 13. The number of unbranched alkanes of at least 4 members (excludes halogenated alkanes) is 9. The van der Waals surface area contributed by atoms with E-state index in [1.54, 1.807) is 0 Å². The lowest BCUT2D eigenvalue weighted by molar-refractivity contribution is 0.508. The molecule has 0 fully saturated rings. The maximum atomic E-state index is 6.29. The minimum absolute atomic E-state index is 0.416. The third-order valence-corrected chi connectivity index (χ3v) is 3.99. The maximum Gasteiger partial charge on any atom is 0.0338 e. The van der Waals surface area contributed by atoms with Crippen LogP contribution in [-0.4, -0.2) is 5.38 Å². The molecule has 1 unspecified atom stereocenters. The largest absolute Gasteiger partial charge is 0.123 e. The van der Waals surface area contributed by atoms with Crippen LogP contribution in [0.25, 0.3) is 0 Å². The zero-order valence-electron chi connectivity index (χ0n) is 13.0. The van der Waals surface area contributed by atoms with Crippen LogP contribution in [0.1, 0.15) is 97.8 Å². The highest BCUT2D eigenvalue weighted by atomic mass is 35.5. The van der Waals surface area contributed by atoms with E-state index in [-0.39, 0.29) is 0 Å². The first-order valence-electron chi connectivity index (χ1n) is 8.30. The predicted molar refractivity (Wildman–Crippen MR) is 85.6 cm³/mol. The first kappa shape index (κ1) is 18.3. The van der Waals surface area contributed by atoms with E-state index in [2.05, 4.69) is 20.8 Å². The van der Waals surface area contributed by atoms with Gasteiger partial charge in [0.1, 0.15) is 0 Å². The molecule has 0 aromatic carbocycles. The Labute approximate surface area is 121 Å². The monoisotopic (exact) mass is 274 g/mol. The van der Waals surface area contributed by atoms with E-state index < -0.39 is 0 Å². The fourth-order valence-electron chi connectivity index (χ4n) is 2.48. The maximum absolute atomic E-state index is 6.29. The quantitative estimate of drug-likeness (QED) is 0.252. The van der Waals surface area contributed by atoms with Gasteiger partial charge in [-0.2, -0.15) is 0 Å². The van der Waals surface area contributed by atoms with Crippen molar-refractivity contribution in [2.75, 3.05) is 0 Å². The van der Waals surface area contributed by atoms with Crippen LogP contribution in [0.2, 0.25) is 0 Å². The Hall–Kier alpha value is 0.290. The molecule has 0 saturated carbocycles. The Morgan fingerprint density at radius 1 is 0.722 bits per heavy atom. The van der Waals surface area contributed by atoms with Crippen LogP contribution in [0, 0.1) is 5.92 Å². The molecule has 0 bridgehead atoms. The number of alkyl halides is 1. The van der Waals surface area contributed by atoms with Gasteiger partial charge < -0.3 is 0 Å². The van der Waals surface area contributed by atoms with Gasteiger partial charge in [-0.05, 0) is 18.8 Å². The summed E-state index contributed by atoms with van der Waals surface area (Å²) >= 11 is 6.29. The van der Waals surface area contributed by atoms with Gasteiger partial charge in [-0.15, -0.1) is 11.6 Å². The summed E-state index contributed by atoms with van der Waals surface area (Å²) in [5, 5.41) is 0.416. The fourth-order valence-corrected chi connectivity index (χ4v) is 2.99. The van der Waals surface area contributed by atoms with Gasteiger partial charge >= 0.3 is 0 Å². The Bertz CT molecular complexity index is 154. The van der Waals surface area contributed by atoms with Crippen molar-refractivity contribution in [2.45, 2.75) is 103 Å². The molecular weight excluding hydrogens is 240 g/mol. The minimum Gasteiger partial charge on any atom is -0.123 e. The van der Waals surface area contributed by atoms with Crippen molar-refractivity contribution in [1.29, 1.82) is 0 Å². The summed E-state index contributed by atoms with van der Waals surface area (Å²) in [5.41, 5.74) is 0. The van der Waals surface area contributed by atoms with Crippen molar-refractivity contribution in [3.8, 4) is 0 Å². The topological polar surface area (TPSA) is 0 Å².